The number of hydrazone groups is 1. The minimum absolute atomic E-state index is 0.0879. The van der Waals surface area contributed by atoms with E-state index in [1.807, 2.05) is 61.5 Å². The number of benzene rings is 2. The minimum Gasteiger partial charge on any atom is -0.455 e. The molecular weight excluding hydrogens is 388 g/mol. The lowest BCUT2D eigenvalue weighted by Gasteiger charge is -2.08. The molecular formula is C22H21ClN4O2. The third-order valence-corrected chi connectivity index (χ3v) is 5.28. The Kier molecular flexibility index (Phi) is 5.76. The first kappa shape index (κ1) is 19.4. The van der Waals surface area contributed by atoms with Crippen molar-refractivity contribution in [3.05, 3.63) is 82.6 Å². The molecule has 2 aromatic carbocycles. The highest BCUT2D eigenvalue weighted by atomic mass is 35.5. The zero-order valence-electron chi connectivity index (χ0n) is 15.9. The van der Waals surface area contributed by atoms with Gasteiger partial charge in [-0.2, -0.15) is 5.10 Å². The zero-order valence-corrected chi connectivity index (χ0v) is 16.6. The van der Waals surface area contributed by atoms with E-state index >= 15 is 0 Å². The van der Waals surface area contributed by atoms with Gasteiger partial charge in [-0.3, -0.25) is 4.79 Å². The monoisotopic (exact) mass is 408 g/mol. The van der Waals surface area contributed by atoms with Crippen molar-refractivity contribution in [1.82, 2.24) is 16.3 Å². The Labute approximate surface area is 173 Å². The molecule has 2 unspecified atom stereocenters. The number of hydrazine groups is 1. The lowest BCUT2D eigenvalue weighted by Crippen LogP contribution is -2.41. The summed E-state index contributed by atoms with van der Waals surface area (Å²) < 4.78 is 5.76. The fourth-order valence-electron chi connectivity index (χ4n) is 3.19. The van der Waals surface area contributed by atoms with E-state index in [9.17, 15) is 4.79 Å². The first-order valence-electron chi connectivity index (χ1n) is 9.35. The first-order chi connectivity index (χ1) is 14.1. The van der Waals surface area contributed by atoms with Crippen LogP contribution in [-0.4, -0.2) is 18.2 Å². The molecule has 1 aliphatic rings. The van der Waals surface area contributed by atoms with E-state index < -0.39 is 0 Å². The Morgan fingerprint density at radius 3 is 2.79 bits per heavy atom. The Bertz CT molecular complexity index is 1030. The first-order valence-corrected chi connectivity index (χ1v) is 9.73. The Morgan fingerprint density at radius 2 is 2.00 bits per heavy atom. The standard InChI is InChI=1S/C22H21ClN4O2/c1-14-7-8-16(11-18(14)23)21-10-9-17(29-21)13-24-27-22(28)20-12-19(25-26-20)15-5-3-2-4-6-15/h2-11,13,19-20,25-26H,12H2,1H3,(H,27,28)/b24-13+. The summed E-state index contributed by atoms with van der Waals surface area (Å²) in [4.78, 5) is 12.3. The van der Waals surface area contributed by atoms with Crippen molar-refractivity contribution in [2.24, 2.45) is 5.10 Å². The molecule has 0 bridgehead atoms. The summed E-state index contributed by atoms with van der Waals surface area (Å²) in [7, 11) is 0. The van der Waals surface area contributed by atoms with E-state index in [-0.39, 0.29) is 18.0 Å². The molecule has 1 aliphatic heterocycles. The van der Waals surface area contributed by atoms with Crippen molar-refractivity contribution < 1.29 is 9.21 Å². The van der Waals surface area contributed by atoms with Crippen LogP contribution in [0, 0.1) is 6.92 Å². The Balaban J connectivity index is 1.33. The largest absolute Gasteiger partial charge is 0.455 e. The molecule has 1 amide bonds. The highest BCUT2D eigenvalue weighted by molar-refractivity contribution is 6.31. The van der Waals surface area contributed by atoms with Gasteiger partial charge >= 0.3 is 0 Å². The third kappa shape index (κ3) is 4.56. The number of aryl methyl sites for hydroxylation is 1. The minimum atomic E-state index is -0.362. The molecule has 148 valence electrons. The highest BCUT2D eigenvalue weighted by Gasteiger charge is 2.29. The summed E-state index contributed by atoms with van der Waals surface area (Å²) in [5.74, 6) is 1.02. The topological polar surface area (TPSA) is 78.7 Å². The second kappa shape index (κ2) is 8.61. The Morgan fingerprint density at radius 1 is 1.17 bits per heavy atom. The second-order valence-electron chi connectivity index (χ2n) is 6.94. The fourth-order valence-corrected chi connectivity index (χ4v) is 3.37. The Hall–Kier alpha value is -2.93. The lowest BCUT2D eigenvalue weighted by molar-refractivity contribution is -0.122. The number of carbonyl (C=O) groups is 1. The van der Waals surface area contributed by atoms with Crippen molar-refractivity contribution in [1.29, 1.82) is 0 Å². The van der Waals surface area contributed by atoms with Crippen LogP contribution in [-0.2, 0) is 4.79 Å². The highest BCUT2D eigenvalue weighted by Crippen LogP contribution is 2.26. The van der Waals surface area contributed by atoms with E-state index in [0.29, 0.717) is 23.0 Å². The van der Waals surface area contributed by atoms with E-state index in [0.717, 1.165) is 16.7 Å². The molecule has 0 saturated carbocycles. The van der Waals surface area contributed by atoms with Crippen LogP contribution in [0.5, 0.6) is 0 Å². The van der Waals surface area contributed by atoms with E-state index in [2.05, 4.69) is 21.4 Å². The molecule has 4 rings (SSSR count). The van der Waals surface area contributed by atoms with Crippen molar-refractivity contribution in [2.75, 3.05) is 0 Å². The maximum Gasteiger partial charge on any atom is 0.258 e. The maximum absolute atomic E-state index is 12.3. The van der Waals surface area contributed by atoms with Crippen molar-refractivity contribution >= 4 is 23.7 Å². The summed E-state index contributed by atoms with van der Waals surface area (Å²) in [5, 5.41) is 4.70. The van der Waals surface area contributed by atoms with Crippen LogP contribution in [0.15, 0.2) is 70.2 Å². The summed E-state index contributed by atoms with van der Waals surface area (Å²) >= 11 is 6.17. The van der Waals surface area contributed by atoms with Crippen LogP contribution in [0.25, 0.3) is 11.3 Å². The molecule has 3 N–H and O–H groups in total. The van der Waals surface area contributed by atoms with Gasteiger partial charge in [0.25, 0.3) is 5.91 Å². The van der Waals surface area contributed by atoms with Gasteiger partial charge in [-0.15, -0.1) is 0 Å². The van der Waals surface area contributed by atoms with Gasteiger partial charge < -0.3 is 4.42 Å². The predicted octanol–water partition coefficient (Wildman–Crippen LogP) is 3.97. The zero-order chi connectivity index (χ0) is 20.2. The number of furan rings is 1. The van der Waals surface area contributed by atoms with Gasteiger partial charge in [-0.1, -0.05) is 54.1 Å². The van der Waals surface area contributed by atoms with Crippen molar-refractivity contribution in [3.8, 4) is 11.3 Å². The van der Waals surface area contributed by atoms with E-state index in [1.165, 1.54) is 6.21 Å². The summed E-state index contributed by atoms with van der Waals surface area (Å²) in [5.41, 5.74) is 11.8. The van der Waals surface area contributed by atoms with E-state index in [1.54, 1.807) is 6.07 Å². The molecule has 1 fully saturated rings. The lowest BCUT2D eigenvalue weighted by atomic mass is 10.0. The molecule has 29 heavy (non-hydrogen) atoms. The van der Waals surface area contributed by atoms with Gasteiger partial charge in [-0.05, 0) is 42.7 Å². The number of nitrogens with zero attached hydrogens (tertiary/aromatic N) is 1. The van der Waals surface area contributed by atoms with Crippen LogP contribution in [0.4, 0.5) is 0 Å². The number of nitrogens with one attached hydrogen (secondary N) is 3. The summed E-state index contributed by atoms with van der Waals surface area (Å²) in [6.45, 7) is 1.95. The predicted molar refractivity (Wildman–Crippen MR) is 113 cm³/mol. The molecule has 0 aliphatic carbocycles. The summed E-state index contributed by atoms with van der Waals surface area (Å²) in [6, 6.07) is 19.1. The van der Waals surface area contributed by atoms with Crippen LogP contribution in [0.2, 0.25) is 5.02 Å². The number of hydrogen-bond donors (Lipinski definition) is 3. The number of carbonyl (C=O) groups excluding carboxylic acids is 1. The SMILES string of the molecule is Cc1ccc(-c2ccc(/C=N/NC(=O)C3CC(c4ccccc4)NN3)o2)cc1Cl. The van der Waals surface area contributed by atoms with Crippen LogP contribution < -0.4 is 16.3 Å². The summed E-state index contributed by atoms with van der Waals surface area (Å²) in [6.07, 6.45) is 2.12. The van der Waals surface area contributed by atoms with Gasteiger partial charge in [0.2, 0.25) is 0 Å². The molecule has 3 aromatic rings. The molecule has 2 atom stereocenters. The van der Waals surface area contributed by atoms with Crippen LogP contribution in [0.3, 0.4) is 0 Å². The number of amides is 1. The molecule has 0 radical (unpaired) electrons. The normalized spacial score (nSPS) is 19.0. The molecule has 7 heteroatoms. The average Bonchev–Trinajstić information content (AvgIpc) is 3.41. The smallest absolute Gasteiger partial charge is 0.258 e. The molecule has 1 saturated heterocycles. The van der Waals surface area contributed by atoms with Gasteiger partial charge in [-0.25, -0.2) is 16.3 Å². The number of halogens is 1. The maximum atomic E-state index is 12.3. The van der Waals surface area contributed by atoms with Crippen molar-refractivity contribution in [2.45, 2.75) is 25.4 Å². The second-order valence-corrected chi connectivity index (χ2v) is 7.35. The molecule has 2 heterocycles. The van der Waals surface area contributed by atoms with Gasteiger partial charge in [0, 0.05) is 16.6 Å². The molecule has 6 nitrogen and oxygen atoms in total. The van der Waals surface area contributed by atoms with Gasteiger partial charge in [0.1, 0.15) is 17.6 Å². The van der Waals surface area contributed by atoms with Gasteiger partial charge in [0.05, 0.1) is 6.21 Å². The average molecular weight is 409 g/mol. The van der Waals surface area contributed by atoms with Crippen LogP contribution >= 0.6 is 11.6 Å². The van der Waals surface area contributed by atoms with E-state index in [4.69, 9.17) is 16.0 Å². The number of hydrogen-bond acceptors (Lipinski definition) is 5. The van der Waals surface area contributed by atoms with Crippen molar-refractivity contribution in [3.63, 3.8) is 0 Å². The molecule has 0 spiro atoms. The third-order valence-electron chi connectivity index (χ3n) is 4.87. The molecule has 1 aromatic heterocycles. The van der Waals surface area contributed by atoms with Crippen LogP contribution in [0.1, 0.15) is 29.3 Å². The number of rotatable bonds is 5. The quantitative estimate of drug-likeness (QED) is 0.441. The van der Waals surface area contributed by atoms with Gasteiger partial charge in [0.15, 0.2) is 0 Å². The fraction of sp³-hybridized carbons (Fsp3) is 0.182.